The van der Waals surface area contributed by atoms with Gasteiger partial charge in [0.2, 0.25) is 10.0 Å². The minimum Gasteiger partial charge on any atom is -0.368 e. The number of hydrogen-bond donors (Lipinski definition) is 0. The molecule has 41 heavy (non-hydrogen) atoms. The zero-order valence-corrected chi connectivity index (χ0v) is 26.5. The van der Waals surface area contributed by atoms with Gasteiger partial charge in [-0.25, -0.2) is 8.42 Å². The summed E-state index contributed by atoms with van der Waals surface area (Å²) in [7, 11) is -3.71. The van der Waals surface area contributed by atoms with Crippen LogP contribution in [0, 0.1) is 25.7 Å². The van der Waals surface area contributed by atoms with Gasteiger partial charge in [0.25, 0.3) is 5.91 Å². The van der Waals surface area contributed by atoms with E-state index in [1.54, 1.807) is 21.0 Å². The quantitative estimate of drug-likeness (QED) is 0.309. The van der Waals surface area contributed by atoms with E-state index in [0.717, 1.165) is 12.1 Å². The van der Waals surface area contributed by atoms with E-state index in [-0.39, 0.29) is 21.4 Å². The molecule has 0 spiro atoms. The van der Waals surface area contributed by atoms with Crippen LogP contribution in [-0.2, 0) is 10.0 Å². The summed E-state index contributed by atoms with van der Waals surface area (Å²) < 4.78 is 28.4. The van der Waals surface area contributed by atoms with Crippen LogP contribution in [0.25, 0.3) is 0 Å². The Labute approximate surface area is 253 Å². The highest BCUT2D eigenvalue weighted by Gasteiger charge is 2.33. The summed E-state index contributed by atoms with van der Waals surface area (Å²) >= 11 is 8.20. The monoisotopic (exact) mass is 611 g/mol. The molecule has 2 saturated heterocycles. The van der Waals surface area contributed by atoms with E-state index in [9.17, 15) is 13.2 Å². The van der Waals surface area contributed by atoms with Crippen molar-refractivity contribution in [3.63, 3.8) is 0 Å². The van der Waals surface area contributed by atoms with Crippen LogP contribution >= 0.6 is 23.4 Å². The molecule has 218 valence electrons. The Hall–Kier alpha value is -2.52. The molecule has 9 heteroatoms. The Balaban J connectivity index is 1.23. The Morgan fingerprint density at radius 1 is 0.878 bits per heavy atom. The first kappa shape index (κ1) is 30.0. The van der Waals surface area contributed by atoms with Crippen LogP contribution in [0.2, 0.25) is 5.02 Å². The molecule has 2 atom stereocenters. The first-order valence-electron chi connectivity index (χ1n) is 14.2. The molecular weight excluding hydrogens is 574 g/mol. The molecular formula is C32H38ClN3O3S2. The summed E-state index contributed by atoms with van der Waals surface area (Å²) in [5.74, 6) is 0.364. The van der Waals surface area contributed by atoms with Crippen molar-refractivity contribution in [1.29, 1.82) is 0 Å². The second kappa shape index (κ2) is 12.4. The minimum absolute atomic E-state index is 0.129. The lowest BCUT2D eigenvalue weighted by Gasteiger charge is -2.36. The zero-order chi connectivity index (χ0) is 29.3. The van der Waals surface area contributed by atoms with Crippen molar-refractivity contribution < 1.29 is 13.2 Å². The topological polar surface area (TPSA) is 60.9 Å². The molecule has 3 aromatic rings. The first-order valence-corrected chi connectivity index (χ1v) is 16.8. The highest BCUT2D eigenvalue weighted by Crippen LogP contribution is 2.33. The number of rotatable bonds is 6. The van der Waals surface area contributed by atoms with Crippen LogP contribution in [-0.4, -0.2) is 62.8 Å². The maximum atomic E-state index is 13.5. The van der Waals surface area contributed by atoms with E-state index in [4.69, 9.17) is 11.6 Å². The number of aryl methyl sites for hydroxylation is 2. The third kappa shape index (κ3) is 6.77. The molecule has 2 aliphatic rings. The van der Waals surface area contributed by atoms with Crippen molar-refractivity contribution in [3.8, 4) is 0 Å². The predicted octanol–water partition coefficient (Wildman–Crippen LogP) is 6.74. The molecule has 2 unspecified atom stereocenters. The molecule has 6 nitrogen and oxygen atoms in total. The summed E-state index contributed by atoms with van der Waals surface area (Å²) in [6.07, 6.45) is 1.01. The van der Waals surface area contributed by atoms with Crippen LogP contribution in [0.4, 0.5) is 5.69 Å². The summed E-state index contributed by atoms with van der Waals surface area (Å²) in [6.45, 7) is 11.8. The van der Waals surface area contributed by atoms with Crippen LogP contribution in [0.5, 0.6) is 0 Å². The number of carbonyl (C=O) groups is 1. The molecule has 0 N–H and O–H groups in total. The lowest BCUT2D eigenvalue weighted by molar-refractivity contribution is 0.0746. The van der Waals surface area contributed by atoms with Gasteiger partial charge in [0.1, 0.15) is 0 Å². The van der Waals surface area contributed by atoms with Crippen LogP contribution in [0.15, 0.2) is 75.4 Å². The number of benzene rings is 3. The normalized spacial score (nSPS) is 20.3. The summed E-state index contributed by atoms with van der Waals surface area (Å²) in [5.41, 5.74) is 3.91. The molecule has 0 aromatic heterocycles. The predicted molar refractivity (Wildman–Crippen MR) is 168 cm³/mol. The second-order valence-corrected chi connectivity index (χ2v) is 15.0. The number of halogens is 1. The fraction of sp³-hybridized carbons (Fsp3) is 0.406. The van der Waals surface area contributed by atoms with E-state index in [1.165, 1.54) is 39.1 Å². The Bertz CT molecular complexity index is 1510. The minimum atomic E-state index is -3.71. The number of anilines is 1. The molecule has 0 saturated carbocycles. The Morgan fingerprint density at radius 3 is 2.17 bits per heavy atom. The number of carbonyl (C=O) groups excluding carboxylic acids is 1. The SMILES string of the molecule is Cc1ccc(Sc2ccc(N3CCN(C(=O)c4cc(S(=O)(=O)N5CC(C)CC(C)C5)ccc4Cl)CC3)cc2)c(C)c1. The Kier molecular flexibility index (Phi) is 9.04. The average Bonchev–Trinajstić information content (AvgIpc) is 2.94. The van der Waals surface area contributed by atoms with Gasteiger partial charge in [0, 0.05) is 54.7 Å². The highest BCUT2D eigenvalue weighted by molar-refractivity contribution is 7.99. The number of amides is 1. The maximum Gasteiger partial charge on any atom is 0.255 e. The van der Waals surface area contributed by atoms with E-state index >= 15 is 0 Å². The van der Waals surface area contributed by atoms with E-state index in [2.05, 4.69) is 75.1 Å². The van der Waals surface area contributed by atoms with Crippen molar-refractivity contribution in [3.05, 3.63) is 82.4 Å². The molecule has 3 aromatic carbocycles. The van der Waals surface area contributed by atoms with Gasteiger partial charge in [-0.2, -0.15) is 4.31 Å². The number of piperidine rings is 1. The van der Waals surface area contributed by atoms with Gasteiger partial charge in [-0.05, 0) is 86.2 Å². The standard InChI is InChI=1S/C32H38ClN3O3S2/c1-22-5-12-31(25(4)18-22)40-27-8-6-26(7-9-27)34-13-15-35(16-14-34)32(37)29-19-28(10-11-30(29)33)41(38,39)36-20-23(2)17-24(3)21-36/h5-12,18-19,23-24H,13-17,20-21H2,1-4H3. The molecule has 1 amide bonds. The Morgan fingerprint density at radius 2 is 1.54 bits per heavy atom. The molecule has 2 heterocycles. The molecule has 0 radical (unpaired) electrons. The molecule has 5 rings (SSSR count). The molecule has 2 aliphatic heterocycles. The summed E-state index contributed by atoms with van der Waals surface area (Å²) in [5, 5.41) is 0.272. The third-order valence-electron chi connectivity index (χ3n) is 7.97. The smallest absolute Gasteiger partial charge is 0.255 e. The number of nitrogens with zero attached hydrogens (tertiary/aromatic N) is 3. The van der Waals surface area contributed by atoms with Crippen molar-refractivity contribution in [2.75, 3.05) is 44.2 Å². The van der Waals surface area contributed by atoms with Crippen molar-refractivity contribution >= 4 is 45.0 Å². The molecule has 0 bridgehead atoms. The lowest BCUT2D eigenvalue weighted by atomic mass is 9.94. The first-order chi connectivity index (χ1) is 19.5. The van der Waals surface area contributed by atoms with Gasteiger partial charge < -0.3 is 9.80 Å². The van der Waals surface area contributed by atoms with Crippen LogP contribution in [0.1, 0.15) is 41.8 Å². The van der Waals surface area contributed by atoms with Gasteiger partial charge in [0.05, 0.1) is 15.5 Å². The largest absolute Gasteiger partial charge is 0.368 e. The zero-order valence-electron chi connectivity index (χ0n) is 24.1. The highest BCUT2D eigenvalue weighted by atomic mass is 35.5. The van der Waals surface area contributed by atoms with Crippen molar-refractivity contribution in [1.82, 2.24) is 9.21 Å². The van der Waals surface area contributed by atoms with Gasteiger partial charge in [0.15, 0.2) is 0 Å². The van der Waals surface area contributed by atoms with Gasteiger partial charge in [-0.1, -0.05) is 54.9 Å². The van der Waals surface area contributed by atoms with E-state index in [0.29, 0.717) is 51.1 Å². The molecule has 0 aliphatic carbocycles. The maximum absolute atomic E-state index is 13.5. The van der Waals surface area contributed by atoms with Crippen LogP contribution < -0.4 is 4.90 Å². The second-order valence-electron chi connectivity index (χ2n) is 11.6. The summed E-state index contributed by atoms with van der Waals surface area (Å²) in [4.78, 5) is 20.1. The number of sulfonamides is 1. The average molecular weight is 612 g/mol. The van der Waals surface area contributed by atoms with E-state index < -0.39 is 10.0 Å². The number of piperazine rings is 1. The van der Waals surface area contributed by atoms with Crippen molar-refractivity contribution in [2.45, 2.75) is 48.8 Å². The third-order valence-corrected chi connectivity index (χ3v) is 11.3. The van der Waals surface area contributed by atoms with E-state index in [1.807, 2.05) is 0 Å². The fourth-order valence-electron chi connectivity index (χ4n) is 5.88. The summed E-state index contributed by atoms with van der Waals surface area (Å²) in [6, 6.07) is 19.6. The van der Waals surface area contributed by atoms with Crippen molar-refractivity contribution in [2.24, 2.45) is 11.8 Å². The van der Waals surface area contributed by atoms with Gasteiger partial charge in [-0.15, -0.1) is 0 Å². The number of hydrogen-bond acceptors (Lipinski definition) is 5. The van der Waals surface area contributed by atoms with Gasteiger partial charge >= 0.3 is 0 Å². The molecule has 2 fully saturated rings. The van der Waals surface area contributed by atoms with Crippen LogP contribution in [0.3, 0.4) is 0 Å². The fourth-order valence-corrected chi connectivity index (χ4v) is 8.67. The lowest BCUT2D eigenvalue weighted by Crippen LogP contribution is -2.49. The van der Waals surface area contributed by atoms with Gasteiger partial charge in [-0.3, -0.25) is 4.79 Å².